The molecule has 0 aliphatic carbocycles. The van der Waals surface area contributed by atoms with Crippen molar-refractivity contribution in [1.29, 1.82) is 0 Å². The van der Waals surface area contributed by atoms with Gasteiger partial charge in [-0.2, -0.15) is 13.2 Å². The number of halogens is 4. The number of oxazole rings is 1. The summed E-state index contributed by atoms with van der Waals surface area (Å²) in [4.78, 5) is 15.9. The molecule has 0 saturated heterocycles. The van der Waals surface area contributed by atoms with Crippen molar-refractivity contribution >= 4 is 56.8 Å². The Morgan fingerprint density at radius 1 is 1.38 bits per heavy atom. The molecule has 0 aliphatic rings. The van der Waals surface area contributed by atoms with Gasteiger partial charge in [-0.15, -0.1) is 10.2 Å². The molecule has 0 aliphatic heterocycles. The van der Waals surface area contributed by atoms with E-state index in [1.807, 2.05) is 0 Å². The summed E-state index contributed by atoms with van der Waals surface area (Å²) in [6, 6.07) is 4.91. The Morgan fingerprint density at radius 2 is 2.17 bits per heavy atom. The van der Waals surface area contributed by atoms with Gasteiger partial charge in [0.2, 0.25) is 16.0 Å². The molecule has 0 atom stereocenters. The zero-order valence-electron chi connectivity index (χ0n) is 11.4. The number of nitrogens with one attached hydrogen (secondary N) is 1. The third kappa shape index (κ3) is 3.97. The highest BCUT2D eigenvalue weighted by Crippen LogP contribution is 2.33. The first kappa shape index (κ1) is 17.0. The molecule has 0 unspecified atom stereocenters. The highest BCUT2D eigenvalue weighted by atomic mass is 35.5. The fraction of sp³-hybridized carbons (Fsp3) is 0.167. The first-order valence-corrected chi connectivity index (χ1v) is 8.39. The van der Waals surface area contributed by atoms with Crippen molar-refractivity contribution in [2.24, 2.45) is 0 Å². The van der Waals surface area contributed by atoms with E-state index in [4.69, 9.17) is 16.0 Å². The van der Waals surface area contributed by atoms with Crippen molar-refractivity contribution in [3.8, 4) is 0 Å². The number of hydrogen-bond donors (Lipinski definition) is 1. The second-order valence-corrected chi connectivity index (χ2v) is 6.68. The van der Waals surface area contributed by atoms with Crippen LogP contribution < -0.4 is 5.32 Å². The van der Waals surface area contributed by atoms with Gasteiger partial charge in [0.25, 0.3) is 5.22 Å². The quantitative estimate of drug-likeness (QED) is 0.671. The molecule has 3 rings (SSSR count). The van der Waals surface area contributed by atoms with Gasteiger partial charge in [-0.1, -0.05) is 34.7 Å². The highest BCUT2D eigenvalue weighted by molar-refractivity contribution is 7.99. The molecule has 1 aromatic carbocycles. The lowest BCUT2D eigenvalue weighted by Crippen LogP contribution is -2.13. The third-order valence-electron chi connectivity index (χ3n) is 2.57. The number of carbonyl (C=O) groups excluding carboxylic acids is 1. The Balaban J connectivity index is 1.59. The summed E-state index contributed by atoms with van der Waals surface area (Å²) in [6.45, 7) is 0. The molecule has 12 heteroatoms. The maximum atomic E-state index is 12.4. The normalized spacial score (nSPS) is 11.8. The summed E-state index contributed by atoms with van der Waals surface area (Å²) in [6.07, 6.45) is -4.59. The maximum absolute atomic E-state index is 12.4. The SMILES string of the molecule is O=C(CSc1nc2cc(Cl)ccc2o1)Nc1nnc(C(F)(F)F)s1. The van der Waals surface area contributed by atoms with E-state index in [-0.39, 0.29) is 27.4 Å². The minimum absolute atomic E-state index is 0.110. The number of fused-ring (bicyclic) bond motifs is 1. The summed E-state index contributed by atoms with van der Waals surface area (Å²) in [5.41, 5.74) is 1.06. The summed E-state index contributed by atoms with van der Waals surface area (Å²) in [5, 5.41) is 7.89. The fourth-order valence-corrected chi connectivity index (χ4v) is 3.04. The lowest BCUT2D eigenvalue weighted by atomic mass is 10.3. The van der Waals surface area contributed by atoms with Crippen molar-refractivity contribution < 1.29 is 22.4 Å². The number of rotatable bonds is 4. The number of carbonyl (C=O) groups is 1. The van der Waals surface area contributed by atoms with Gasteiger partial charge >= 0.3 is 6.18 Å². The zero-order chi connectivity index (χ0) is 17.3. The first-order valence-electron chi connectivity index (χ1n) is 6.21. The van der Waals surface area contributed by atoms with Gasteiger partial charge in [-0.25, -0.2) is 4.98 Å². The number of thioether (sulfide) groups is 1. The van der Waals surface area contributed by atoms with Crippen LogP contribution in [0.3, 0.4) is 0 Å². The molecule has 3 aromatic rings. The van der Waals surface area contributed by atoms with Crippen LogP contribution in [-0.2, 0) is 11.0 Å². The van der Waals surface area contributed by atoms with Gasteiger partial charge in [-0.05, 0) is 18.2 Å². The molecule has 1 N–H and O–H groups in total. The summed E-state index contributed by atoms with van der Waals surface area (Å²) < 4.78 is 42.6. The van der Waals surface area contributed by atoms with Crippen LogP contribution in [0.15, 0.2) is 27.8 Å². The average molecular weight is 395 g/mol. The zero-order valence-corrected chi connectivity index (χ0v) is 13.8. The molecule has 24 heavy (non-hydrogen) atoms. The largest absolute Gasteiger partial charge is 0.445 e. The van der Waals surface area contributed by atoms with Crippen LogP contribution >= 0.6 is 34.7 Å². The van der Waals surface area contributed by atoms with Gasteiger partial charge in [-0.3, -0.25) is 10.1 Å². The van der Waals surface area contributed by atoms with E-state index in [0.717, 1.165) is 11.8 Å². The van der Waals surface area contributed by atoms with E-state index in [9.17, 15) is 18.0 Å². The van der Waals surface area contributed by atoms with Gasteiger partial charge in [0.15, 0.2) is 5.58 Å². The van der Waals surface area contributed by atoms with Crippen LogP contribution in [0.1, 0.15) is 5.01 Å². The molecule has 1 amide bonds. The van der Waals surface area contributed by atoms with Crippen LogP contribution in [0.4, 0.5) is 18.3 Å². The van der Waals surface area contributed by atoms with E-state index in [1.54, 1.807) is 18.2 Å². The predicted molar refractivity (Wildman–Crippen MR) is 83.3 cm³/mol. The molecule has 0 bridgehead atoms. The number of aromatic nitrogens is 3. The molecule has 0 saturated carbocycles. The molecule has 126 valence electrons. The average Bonchev–Trinajstić information content (AvgIpc) is 3.10. The van der Waals surface area contributed by atoms with Crippen LogP contribution in [0.25, 0.3) is 11.1 Å². The lowest BCUT2D eigenvalue weighted by Gasteiger charge is -1.99. The van der Waals surface area contributed by atoms with Crippen molar-refractivity contribution in [2.75, 3.05) is 11.1 Å². The molecule has 0 radical (unpaired) electrons. The van der Waals surface area contributed by atoms with E-state index < -0.39 is 17.1 Å². The number of nitrogens with zero attached hydrogens (tertiary/aromatic N) is 3. The van der Waals surface area contributed by atoms with Gasteiger partial charge < -0.3 is 4.42 Å². The van der Waals surface area contributed by atoms with E-state index in [2.05, 4.69) is 20.5 Å². The van der Waals surface area contributed by atoms with Crippen molar-refractivity contribution in [3.63, 3.8) is 0 Å². The van der Waals surface area contributed by atoms with Crippen LogP contribution in [0, 0.1) is 0 Å². The van der Waals surface area contributed by atoms with Crippen molar-refractivity contribution in [1.82, 2.24) is 15.2 Å². The lowest BCUT2D eigenvalue weighted by molar-refractivity contribution is -0.138. The molecule has 0 fully saturated rings. The predicted octanol–water partition coefficient (Wildman–Crippen LogP) is 4.08. The Hall–Kier alpha value is -1.85. The van der Waals surface area contributed by atoms with E-state index in [1.165, 1.54) is 0 Å². The fourth-order valence-electron chi connectivity index (χ4n) is 1.61. The molecule has 0 spiro atoms. The van der Waals surface area contributed by atoms with Gasteiger partial charge in [0.05, 0.1) is 5.75 Å². The molecule has 6 nitrogen and oxygen atoms in total. The Kier molecular flexibility index (Phi) is 4.65. The molecule has 2 heterocycles. The number of benzene rings is 1. The number of alkyl halides is 3. The van der Waals surface area contributed by atoms with Crippen LogP contribution in [-0.4, -0.2) is 26.8 Å². The molecular formula is C12H6ClF3N4O2S2. The van der Waals surface area contributed by atoms with Gasteiger partial charge in [0.1, 0.15) is 5.52 Å². The minimum atomic E-state index is -4.59. The Labute approximate surface area is 145 Å². The molecule has 2 aromatic heterocycles. The summed E-state index contributed by atoms with van der Waals surface area (Å²) in [7, 11) is 0. The van der Waals surface area contributed by atoms with Crippen molar-refractivity contribution in [2.45, 2.75) is 11.4 Å². The molecular weight excluding hydrogens is 389 g/mol. The standard InChI is InChI=1S/C12H6ClF3N4O2S2/c13-5-1-2-7-6(3-5)17-11(22-7)23-4-8(21)18-10-20-19-9(24-10)12(14,15)16/h1-3H,4H2,(H,18,20,21). The second-order valence-electron chi connectivity index (χ2n) is 4.34. The summed E-state index contributed by atoms with van der Waals surface area (Å²) in [5.74, 6) is -0.660. The van der Waals surface area contributed by atoms with E-state index in [0.29, 0.717) is 16.1 Å². The maximum Gasteiger partial charge on any atom is 0.445 e. The second kappa shape index (κ2) is 6.57. The highest BCUT2D eigenvalue weighted by Gasteiger charge is 2.35. The number of anilines is 1. The first-order chi connectivity index (χ1) is 11.3. The third-order valence-corrected chi connectivity index (χ3v) is 4.52. The topological polar surface area (TPSA) is 80.9 Å². The Bertz CT molecular complexity index is 896. The Morgan fingerprint density at radius 3 is 2.88 bits per heavy atom. The van der Waals surface area contributed by atoms with E-state index >= 15 is 0 Å². The van der Waals surface area contributed by atoms with Crippen LogP contribution in [0.5, 0.6) is 0 Å². The number of hydrogen-bond acceptors (Lipinski definition) is 7. The number of amides is 1. The smallest absolute Gasteiger partial charge is 0.431 e. The minimum Gasteiger partial charge on any atom is -0.431 e. The van der Waals surface area contributed by atoms with Crippen LogP contribution in [0.2, 0.25) is 5.02 Å². The van der Waals surface area contributed by atoms with Gasteiger partial charge in [0, 0.05) is 5.02 Å². The summed E-state index contributed by atoms with van der Waals surface area (Å²) >= 11 is 7.08. The monoisotopic (exact) mass is 394 g/mol. The van der Waals surface area contributed by atoms with Crippen molar-refractivity contribution in [3.05, 3.63) is 28.2 Å².